The molecule has 0 atom stereocenters. The highest BCUT2D eigenvalue weighted by Gasteiger charge is 2.22. The molecule has 4 rings (SSSR count). The van der Waals surface area contributed by atoms with Gasteiger partial charge in [-0.1, -0.05) is 28.8 Å². The van der Waals surface area contributed by atoms with Crippen molar-refractivity contribution in [3.05, 3.63) is 44.8 Å². The van der Waals surface area contributed by atoms with E-state index in [1.165, 1.54) is 25.7 Å². The molecule has 2 aromatic heterocycles. The Morgan fingerprint density at radius 2 is 2.05 bits per heavy atom. The van der Waals surface area contributed by atoms with E-state index in [9.17, 15) is 4.79 Å². The summed E-state index contributed by atoms with van der Waals surface area (Å²) < 4.78 is 4.73. The molecule has 1 fully saturated rings. The predicted molar refractivity (Wildman–Crippen MR) is 91.5 cm³/mol. The third-order valence-corrected chi connectivity index (χ3v) is 5.23. The SMILES string of the molecule is CCn1c(=O)c2ccc(Br)cc2n2nc(C3CCCC3)cc12. The molecular formula is C17H18BrN3O. The number of hydrogen-bond donors (Lipinski definition) is 0. The maximum absolute atomic E-state index is 12.7. The van der Waals surface area contributed by atoms with Gasteiger partial charge in [0.15, 0.2) is 0 Å². The first-order chi connectivity index (χ1) is 10.7. The van der Waals surface area contributed by atoms with Crippen LogP contribution >= 0.6 is 15.9 Å². The van der Waals surface area contributed by atoms with Crippen LogP contribution in [-0.4, -0.2) is 14.2 Å². The van der Waals surface area contributed by atoms with Crippen LogP contribution in [0.4, 0.5) is 0 Å². The number of fused-ring (bicyclic) bond motifs is 3. The van der Waals surface area contributed by atoms with Crippen molar-refractivity contribution < 1.29 is 0 Å². The standard InChI is InChI=1S/C17H18BrN3O/c1-2-20-16-10-14(11-5-3-4-6-11)19-21(16)15-9-12(18)7-8-13(15)17(20)22/h7-11H,2-6H2,1H3. The smallest absolute Gasteiger partial charge is 0.261 e. The number of benzene rings is 1. The number of nitrogens with zero attached hydrogens (tertiary/aromatic N) is 3. The summed E-state index contributed by atoms with van der Waals surface area (Å²) in [6.45, 7) is 2.67. The van der Waals surface area contributed by atoms with Gasteiger partial charge in [-0.2, -0.15) is 5.10 Å². The second-order valence-electron chi connectivity index (χ2n) is 6.03. The maximum Gasteiger partial charge on any atom is 0.261 e. The van der Waals surface area contributed by atoms with Gasteiger partial charge in [-0.05, 0) is 38.0 Å². The first kappa shape index (κ1) is 14.0. The molecule has 114 valence electrons. The van der Waals surface area contributed by atoms with Gasteiger partial charge in [-0.25, -0.2) is 4.52 Å². The first-order valence-electron chi connectivity index (χ1n) is 7.91. The Bertz CT molecular complexity index is 919. The van der Waals surface area contributed by atoms with E-state index >= 15 is 0 Å². The van der Waals surface area contributed by atoms with Gasteiger partial charge in [0.05, 0.1) is 16.6 Å². The minimum atomic E-state index is 0.0652. The molecule has 0 amide bonds. The van der Waals surface area contributed by atoms with Crippen molar-refractivity contribution in [2.45, 2.75) is 45.1 Å². The maximum atomic E-state index is 12.7. The van der Waals surface area contributed by atoms with Gasteiger partial charge >= 0.3 is 0 Å². The lowest BCUT2D eigenvalue weighted by Crippen LogP contribution is -2.22. The molecule has 4 nitrogen and oxygen atoms in total. The van der Waals surface area contributed by atoms with E-state index in [2.05, 4.69) is 22.0 Å². The van der Waals surface area contributed by atoms with E-state index in [1.54, 1.807) is 0 Å². The van der Waals surface area contributed by atoms with E-state index in [0.717, 1.165) is 26.7 Å². The zero-order valence-electron chi connectivity index (χ0n) is 12.6. The van der Waals surface area contributed by atoms with E-state index in [4.69, 9.17) is 5.10 Å². The highest BCUT2D eigenvalue weighted by molar-refractivity contribution is 9.10. The second-order valence-corrected chi connectivity index (χ2v) is 6.95. The molecule has 1 saturated carbocycles. The Labute approximate surface area is 136 Å². The zero-order chi connectivity index (χ0) is 15.3. The molecule has 0 unspecified atom stereocenters. The average molecular weight is 360 g/mol. The number of aromatic nitrogens is 3. The topological polar surface area (TPSA) is 39.3 Å². The van der Waals surface area contributed by atoms with Gasteiger partial charge in [0.2, 0.25) is 0 Å². The molecule has 5 heteroatoms. The Kier molecular flexibility index (Phi) is 3.33. The van der Waals surface area contributed by atoms with E-state index in [1.807, 2.05) is 34.2 Å². The van der Waals surface area contributed by atoms with Crippen molar-refractivity contribution in [1.29, 1.82) is 0 Å². The van der Waals surface area contributed by atoms with Crippen molar-refractivity contribution in [3.8, 4) is 0 Å². The summed E-state index contributed by atoms with van der Waals surface area (Å²) in [5.41, 5.74) is 2.98. The lowest BCUT2D eigenvalue weighted by atomic mass is 10.1. The second kappa shape index (κ2) is 5.23. The quantitative estimate of drug-likeness (QED) is 0.691. The van der Waals surface area contributed by atoms with Crippen LogP contribution in [0.15, 0.2) is 33.5 Å². The Morgan fingerprint density at radius 3 is 2.77 bits per heavy atom. The monoisotopic (exact) mass is 359 g/mol. The first-order valence-corrected chi connectivity index (χ1v) is 8.70. The van der Waals surface area contributed by atoms with E-state index < -0.39 is 0 Å². The largest absolute Gasteiger partial charge is 0.293 e. The number of hydrogen-bond acceptors (Lipinski definition) is 2. The Morgan fingerprint density at radius 1 is 1.27 bits per heavy atom. The molecule has 0 saturated heterocycles. The average Bonchev–Trinajstić information content (AvgIpc) is 3.16. The third-order valence-electron chi connectivity index (χ3n) is 4.74. The van der Waals surface area contributed by atoms with Crippen LogP contribution in [0.2, 0.25) is 0 Å². The van der Waals surface area contributed by atoms with Gasteiger partial charge in [-0.3, -0.25) is 9.36 Å². The molecule has 1 aliphatic carbocycles. The van der Waals surface area contributed by atoms with Crippen molar-refractivity contribution in [2.75, 3.05) is 0 Å². The summed E-state index contributed by atoms with van der Waals surface area (Å²) in [7, 11) is 0. The Hall–Kier alpha value is -1.62. The third kappa shape index (κ3) is 2.02. The van der Waals surface area contributed by atoms with Crippen LogP contribution in [0.5, 0.6) is 0 Å². The zero-order valence-corrected chi connectivity index (χ0v) is 14.1. The van der Waals surface area contributed by atoms with Gasteiger partial charge in [0.1, 0.15) is 5.65 Å². The van der Waals surface area contributed by atoms with Crippen molar-refractivity contribution in [2.24, 2.45) is 0 Å². The van der Waals surface area contributed by atoms with Gasteiger partial charge in [0, 0.05) is 23.0 Å². The molecular weight excluding hydrogens is 342 g/mol. The number of aryl methyl sites for hydroxylation is 1. The summed E-state index contributed by atoms with van der Waals surface area (Å²) >= 11 is 3.50. The van der Waals surface area contributed by atoms with Crippen LogP contribution in [-0.2, 0) is 6.54 Å². The van der Waals surface area contributed by atoms with Crippen molar-refractivity contribution in [3.63, 3.8) is 0 Å². The van der Waals surface area contributed by atoms with Crippen molar-refractivity contribution in [1.82, 2.24) is 14.2 Å². The summed E-state index contributed by atoms with van der Waals surface area (Å²) in [6.07, 6.45) is 4.99. The van der Waals surface area contributed by atoms with Crippen molar-refractivity contribution >= 4 is 32.5 Å². The molecule has 2 heterocycles. The number of rotatable bonds is 2. The fraction of sp³-hybridized carbons (Fsp3) is 0.412. The minimum Gasteiger partial charge on any atom is -0.293 e. The fourth-order valence-corrected chi connectivity index (χ4v) is 3.94. The van der Waals surface area contributed by atoms with Gasteiger partial charge in [-0.15, -0.1) is 0 Å². The molecule has 1 aliphatic rings. The summed E-state index contributed by atoms with van der Waals surface area (Å²) in [4.78, 5) is 12.7. The molecule has 22 heavy (non-hydrogen) atoms. The lowest BCUT2D eigenvalue weighted by Gasteiger charge is -2.08. The molecule has 0 radical (unpaired) electrons. The molecule has 0 aliphatic heterocycles. The molecule has 0 spiro atoms. The van der Waals surface area contributed by atoms with Crippen LogP contribution in [0.25, 0.3) is 16.6 Å². The van der Waals surface area contributed by atoms with Crippen LogP contribution in [0.3, 0.4) is 0 Å². The highest BCUT2D eigenvalue weighted by atomic mass is 79.9. The van der Waals surface area contributed by atoms with Gasteiger partial charge < -0.3 is 0 Å². The molecule has 0 bridgehead atoms. The molecule has 3 aromatic rings. The van der Waals surface area contributed by atoms with Gasteiger partial charge in [0.25, 0.3) is 5.56 Å². The van der Waals surface area contributed by atoms with Crippen LogP contribution in [0.1, 0.15) is 44.2 Å². The fourth-order valence-electron chi connectivity index (χ4n) is 3.60. The summed E-state index contributed by atoms with van der Waals surface area (Å²) in [5, 5.41) is 5.57. The van der Waals surface area contributed by atoms with Crippen LogP contribution in [0, 0.1) is 0 Å². The van der Waals surface area contributed by atoms with Crippen LogP contribution < -0.4 is 5.56 Å². The Balaban J connectivity index is 2.09. The normalized spacial score (nSPS) is 16.1. The van der Waals surface area contributed by atoms with E-state index in [-0.39, 0.29) is 5.56 Å². The van der Waals surface area contributed by atoms with E-state index in [0.29, 0.717) is 12.5 Å². The molecule has 1 aromatic carbocycles. The molecule has 0 N–H and O–H groups in total. The highest BCUT2D eigenvalue weighted by Crippen LogP contribution is 2.34. The minimum absolute atomic E-state index is 0.0652. The lowest BCUT2D eigenvalue weighted by molar-refractivity contribution is 0.684. The summed E-state index contributed by atoms with van der Waals surface area (Å²) in [5.74, 6) is 0.544. The predicted octanol–water partition coefficient (Wildman–Crippen LogP) is 4.09. The number of halogens is 1. The summed E-state index contributed by atoms with van der Waals surface area (Å²) in [6, 6.07) is 7.89.